The van der Waals surface area contributed by atoms with Crippen molar-refractivity contribution in [3.05, 3.63) is 35.5 Å². The monoisotopic (exact) mass is 370 g/mol. The predicted molar refractivity (Wildman–Crippen MR) is 102 cm³/mol. The molecule has 3 heterocycles. The molecule has 1 aliphatic rings. The van der Waals surface area contributed by atoms with E-state index in [0.29, 0.717) is 18.2 Å². The average Bonchev–Trinajstić information content (AvgIpc) is 3.03. The lowest BCUT2D eigenvalue weighted by Gasteiger charge is -2.33. The molecule has 142 valence electrons. The van der Waals surface area contributed by atoms with E-state index in [2.05, 4.69) is 21.1 Å². The van der Waals surface area contributed by atoms with Crippen molar-refractivity contribution < 1.29 is 9.13 Å². The first-order valence-electron chi connectivity index (χ1n) is 8.96. The lowest BCUT2D eigenvalue weighted by Crippen LogP contribution is -2.38. The van der Waals surface area contributed by atoms with Gasteiger partial charge in [-0.15, -0.1) is 0 Å². The molecule has 0 radical (unpaired) electrons. The Kier molecular flexibility index (Phi) is 4.43. The summed E-state index contributed by atoms with van der Waals surface area (Å²) in [4.78, 5) is 10.4. The Morgan fingerprint density at radius 2 is 2.07 bits per heavy atom. The fourth-order valence-electron chi connectivity index (χ4n) is 3.82. The zero-order chi connectivity index (χ0) is 19.1. The van der Waals surface area contributed by atoms with Crippen molar-refractivity contribution in [2.45, 2.75) is 25.4 Å². The van der Waals surface area contributed by atoms with Crippen LogP contribution in [0.25, 0.3) is 16.7 Å². The van der Waals surface area contributed by atoms with Crippen LogP contribution in [0.15, 0.2) is 24.4 Å². The normalized spacial score (nSPS) is 20.9. The van der Waals surface area contributed by atoms with Gasteiger partial charge in [0.05, 0.1) is 18.8 Å². The molecule has 0 bridgehead atoms. The maximum atomic E-state index is 14.7. The summed E-state index contributed by atoms with van der Waals surface area (Å²) < 4.78 is 21.6. The van der Waals surface area contributed by atoms with Gasteiger partial charge >= 0.3 is 6.01 Å². The fourth-order valence-corrected chi connectivity index (χ4v) is 3.82. The van der Waals surface area contributed by atoms with Crippen molar-refractivity contribution in [1.82, 2.24) is 24.6 Å². The van der Waals surface area contributed by atoms with Crippen LogP contribution < -0.4 is 10.5 Å². The smallest absolute Gasteiger partial charge is 0.320 e. The van der Waals surface area contributed by atoms with Crippen LogP contribution in [-0.2, 0) is 0 Å². The van der Waals surface area contributed by atoms with E-state index in [0.717, 1.165) is 35.0 Å². The highest BCUT2D eigenvalue weighted by Gasteiger charge is 2.30. The van der Waals surface area contributed by atoms with Gasteiger partial charge in [0.15, 0.2) is 5.82 Å². The zero-order valence-electron chi connectivity index (χ0n) is 15.7. The Labute approximate surface area is 157 Å². The first-order chi connectivity index (χ1) is 13.0. The summed E-state index contributed by atoms with van der Waals surface area (Å²) in [6, 6.07) is 5.91. The van der Waals surface area contributed by atoms with Gasteiger partial charge in [0, 0.05) is 23.9 Å². The number of aryl methyl sites for hydroxylation is 1. The number of hydrogen-bond acceptors (Lipinski definition) is 6. The molecule has 0 saturated carbocycles. The Morgan fingerprint density at radius 3 is 2.81 bits per heavy atom. The predicted octanol–water partition coefficient (Wildman–Crippen LogP) is 2.47. The number of anilines is 1. The van der Waals surface area contributed by atoms with Crippen LogP contribution >= 0.6 is 0 Å². The van der Waals surface area contributed by atoms with Gasteiger partial charge in [-0.25, -0.2) is 9.07 Å². The number of rotatable bonds is 3. The molecule has 4 rings (SSSR count). The number of nitrogen functional groups attached to an aromatic ring is 1. The van der Waals surface area contributed by atoms with Crippen LogP contribution in [0.3, 0.4) is 0 Å². The first kappa shape index (κ1) is 17.7. The van der Waals surface area contributed by atoms with Crippen LogP contribution in [0.1, 0.15) is 23.5 Å². The summed E-state index contributed by atoms with van der Waals surface area (Å²) in [6.45, 7) is 3.38. The lowest BCUT2D eigenvalue weighted by atomic mass is 9.85. The molecule has 2 atom stereocenters. The molecule has 8 heteroatoms. The number of methoxy groups -OCH3 is 1. The number of ether oxygens (including phenoxy) is 1. The molecular formula is C19H23FN6O. The van der Waals surface area contributed by atoms with E-state index in [1.165, 1.54) is 7.11 Å². The number of likely N-dealkylation sites (tertiary alicyclic amines) is 1. The number of halogens is 1. The van der Waals surface area contributed by atoms with Crippen LogP contribution in [-0.4, -0.2) is 58.1 Å². The Bertz CT molecular complexity index is 988. The summed E-state index contributed by atoms with van der Waals surface area (Å²) in [5.74, 6) is 0.704. The molecule has 0 spiro atoms. The van der Waals surface area contributed by atoms with Gasteiger partial charge in [-0.1, -0.05) is 0 Å². The van der Waals surface area contributed by atoms with Gasteiger partial charge in [0.1, 0.15) is 12.0 Å². The third-order valence-electron chi connectivity index (χ3n) is 5.21. The molecule has 2 aromatic heterocycles. The number of piperidine rings is 1. The molecule has 3 aromatic rings. The molecule has 2 N–H and O–H groups in total. The van der Waals surface area contributed by atoms with Crippen LogP contribution in [0.2, 0.25) is 0 Å². The second-order valence-corrected chi connectivity index (χ2v) is 7.14. The van der Waals surface area contributed by atoms with E-state index in [-0.39, 0.29) is 11.9 Å². The maximum absolute atomic E-state index is 14.7. The quantitative estimate of drug-likeness (QED) is 0.763. The van der Waals surface area contributed by atoms with E-state index in [1.807, 2.05) is 24.9 Å². The number of nitrogens with zero attached hydrogens (tertiary/aromatic N) is 5. The third kappa shape index (κ3) is 3.21. The summed E-state index contributed by atoms with van der Waals surface area (Å²) in [5, 5.41) is 5.42. The van der Waals surface area contributed by atoms with Crippen molar-refractivity contribution in [2.75, 3.05) is 33.0 Å². The van der Waals surface area contributed by atoms with Crippen molar-refractivity contribution in [1.29, 1.82) is 0 Å². The van der Waals surface area contributed by atoms with Gasteiger partial charge < -0.3 is 15.4 Å². The van der Waals surface area contributed by atoms with Gasteiger partial charge in [0.2, 0.25) is 0 Å². The Hall–Kier alpha value is -2.74. The molecular weight excluding hydrogens is 347 g/mol. The van der Waals surface area contributed by atoms with E-state index in [1.54, 1.807) is 16.9 Å². The molecule has 1 fully saturated rings. The van der Waals surface area contributed by atoms with E-state index < -0.39 is 6.17 Å². The fraction of sp³-hybridized carbons (Fsp3) is 0.421. The molecule has 0 aliphatic carbocycles. The summed E-state index contributed by atoms with van der Waals surface area (Å²) >= 11 is 0. The van der Waals surface area contributed by atoms with Crippen molar-refractivity contribution in [3.63, 3.8) is 0 Å². The highest BCUT2D eigenvalue weighted by molar-refractivity contribution is 5.82. The first-order valence-corrected chi connectivity index (χ1v) is 8.96. The largest absolute Gasteiger partial charge is 0.467 e. The van der Waals surface area contributed by atoms with Gasteiger partial charge in [-0.3, -0.25) is 0 Å². The standard InChI is InChI=1S/C19H23FN6O/c1-11-6-12-9-22-26(18-8-17(21)23-19(24-18)27-3)16(12)7-14(11)13-4-5-25(2)10-15(13)20/h6-9,13,15H,4-5,10H2,1-3H3,(H2,21,23,24). The topological polar surface area (TPSA) is 82.1 Å². The molecule has 7 nitrogen and oxygen atoms in total. The van der Waals surface area contributed by atoms with Crippen LogP contribution in [0, 0.1) is 6.92 Å². The van der Waals surface area contributed by atoms with Crippen molar-refractivity contribution >= 4 is 16.7 Å². The molecule has 1 saturated heterocycles. The van der Waals surface area contributed by atoms with Gasteiger partial charge in [-0.2, -0.15) is 15.1 Å². The van der Waals surface area contributed by atoms with Crippen LogP contribution in [0.5, 0.6) is 6.01 Å². The third-order valence-corrected chi connectivity index (χ3v) is 5.21. The number of aromatic nitrogens is 4. The van der Waals surface area contributed by atoms with E-state index in [9.17, 15) is 4.39 Å². The minimum Gasteiger partial charge on any atom is -0.467 e. The maximum Gasteiger partial charge on any atom is 0.320 e. The Morgan fingerprint density at radius 1 is 1.26 bits per heavy atom. The molecule has 2 unspecified atom stereocenters. The number of hydrogen-bond donors (Lipinski definition) is 1. The zero-order valence-corrected chi connectivity index (χ0v) is 15.7. The van der Waals surface area contributed by atoms with E-state index in [4.69, 9.17) is 10.5 Å². The highest BCUT2D eigenvalue weighted by atomic mass is 19.1. The second kappa shape index (κ2) is 6.77. The summed E-state index contributed by atoms with van der Waals surface area (Å²) in [6.07, 6.45) is 1.69. The highest BCUT2D eigenvalue weighted by Crippen LogP contribution is 2.34. The second-order valence-electron chi connectivity index (χ2n) is 7.14. The van der Waals surface area contributed by atoms with E-state index >= 15 is 0 Å². The van der Waals surface area contributed by atoms with Crippen molar-refractivity contribution in [3.8, 4) is 11.8 Å². The minimum absolute atomic E-state index is 0.112. The lowest BCUT2D eigenvalue weighted by molar-refractivity contribution is 0.139. The SMILES string of the molecule is COc1nc(N)cc(-n2ncc3cc(C)c(C4CCN(C)CC4F)cc32)n1. The minimum atomic E-state index is -0.883. The molecule has 27 heavy (non-hydrogen) atoms. The average molecular weight is 370 g/mol. The number of nitrogens with two attached hydrogens (primary N) is 1. The van der Waals surface area contributed by atoms with Crippen LogP contribution in [0.4, 0.5) is 10.2 Å². The number of benzene rings is 1. The molecule has 1 aliphatic heterocycles. The summed E-state index contributed by atoms with van der Waals surface area (Å²) in [7, 11) is 3.45. The Balaban J connectivity index is 1.82. The number of alkyl halides is 1. The molecule has 1 aromatic carbocycles. The number of fused-ring (bicyclic) bond motifs is 1. The van der Waals surface area contributed by atoms with Gasteiger partial charge in [-0.05, 0) is 50.2 Å². The summed E-state index contributed by atoms with van der Waals surface area (Å²) in [5.41, 5.74) is 8.83. The van der Waals surface area contributed by atoms with Crippen molar-refractivity contribution in [2.24, 2.45) is 0 Å². The van der Waals surface area contributed by atoms with Gasteiger partial charge in [0.25, 0.3) is 0 Å². The molecule has 0 amide bonds.